The molecule has 0 radical (unpaired) electrons. The molecule has 1 aromatic carbocycles. The second kappa shape index (κ2) is 9.38. The molecule has 4 aliphatic carbocycles. The van der Waals surface area contributed by atoms with Gasteiger partial charge in [0, 0.05) is 11.5 Å². The van der Waals surface area contributed by atoms with Gasteiger partial charge in [0.25, 0.3) is 0 Å². The summed E-state index contributed by atoms with van der Waals surface area (Å²) in [5, 5.41) is 15.9. The van der Waals surface area contributed by atoms with E-state index in [0.29, 0.717) is 31.4 Å². The van der Waals surface area contributed by atoms with Crippen molar-refractivity contribution in [3.8, 4) is 5.69 Å². The molecule has 3 saturated carbocycles. The maximum Gasteiger partial charge on any atom is 0.375 e. The Morgan fingerprint density at radius 1 is 1.19 bits per heavy atom. The number of furan rings is 1. The van der Waals surface area contributed by atoms with Crippen LogP contribution in [0.15, 0.2) is 52.8 Å². The number of nitrogens with zero attached hydrogens (tertiary/aromatic N) is 2. The number of halogens is 2. The topological polar surface area (TPSA) is 94.6 Å². The SMILES string of the molecule is C[C@@]12Cc3cnn(-c4ccc(F)c(F)c4)c3C=C1CC[C@H]1[C@H]2[C@H](O)C[C@]2(C)[C@@H]1CC[C@@]2(OC(=O)c1ccco1)C(=O)S. The van der Waals surface area contributed by atoms with Crippen molar-refractivity contribution in [3.05, 3.63) is 77.0 Å². The predicted octanol–water partition coefficient (Wildman–Crippen LogP) is 5.95. The molecular weight excluding hydrogens is 562 g/mol. The molecule has 7 rings (SSSR count). The van der Waals surface area contributed by atoms with Crippen LogP contribution in [0.2, 0.25) is 0 Å². The Balaban J connectivity index is 1.22. The molecule has 220 valence electrons. The first-order chi connectivity index (χ1) is 20.0. The highest BCUT2D eigenvalue weighted by Crippen LogP contribution is 2.68. The average molecular weight is 595 g/mol. The van der Waals surface area contributed by atoms with Crippen molar-refractivity contribution >= 4 is 29.8 Å². The number of carbonyl (C=O) groups excluding carboxylic acids is 2. The largest absolute Gasteiger partial charge is 0.457 e. The summed E-state index contributed by atoms with van der Waals surface area (Å²) in [5.74, 6) is -2.47. The molecule has 2 heterocycles. The number of aliphatic hydroxyl groups excluding tert-OH is 1. The number of ether oxygens (including phenoxy) is 1. The summed E-state index contributed by atoms with van der Waals surface area (Å²) >= 11 is 4.25. The molecule has 7 nitrogen and oxygen atoms in total. The van der Waals surface area contributed by atoms with Crippen molar-refractivity contribution in [2.45, 2.75) is 64.1 Å². The molecule has 7 atom stereocenters. The smallest absolute Gasteiger partial charge is 0.375 e. The molecular formula is C32H32F2N2O5S. The van der Waals surface area contributed by atoms with E-state index in [-0.39, 0.29) is 28.9 Å². The van der Waals surface area contributed by atoms with Gasteiger partial charge in [-0.05, 0) is 97.6 Å². The normalized spacial score (nSPS) is 35.0. The summed E-state index contributed by atoms with van der Waals surface area (Å²) in [5.41, 5.74) is 0.822. The van der Waals surface area contributed by atoms with Crippen LogP contribution in [-0.2, 0) is 16.0 Å². The van der Waals surface area contributed by atoms with Crippen LogP contribution in [0.1, 0.15) is 67.8 Å². The summed E-state index contributed by atoms with van der Waals surface area (Å²) < 4.78 is 40.5. The van der Waals surface area contributed by atoms with Crippen molar-refractivity contribution in [2.24, 2.45) is 28.6 Å². The number of aliphatic hydroxyl groups is 1. The number of hydrogen-bond donors (Lipinski definition) is 2. The van der Waals surface area contributed by atoms with E-state index < -0.39 is 39.8 Å². The van der Waals surface area contributed by atoms with Gasteiger partial charge in [-0.15, -0.1) is 12.6 Å². The lowest BCUT2D eigenvalue weighted by Gasteiger charge is -2.60. The Labute approximate surface area is 247 Å². The van der Waals surface area contributed by atoms with Gasteiger partial charge in [-0.3, -0.25) is 4.79 Å². The van der Waals surface area contributed by atoms with Crippen LogP contribution < -0.4 is 0 Å². The van der Waals surface area contributed by atoms with Gasteiger partial charge >= 0.3 is 5.97 Å². The summed E-state index contributed by atoms with van der Waals surface area (Å²) in [6.45, 7) is 4.16. The van der Waals surface area contributed by atoms with Crippen molar-refractivity contribution in [1.82, 2.24) is 9.78 Å². The Morgan fingerprint density at radius 2 is 2.00 bits per heavy atom. The van der Waals surface area contributed by atoms with Crippen LogP contribution in [0.25, 0.3) is 11.8 Å². The zero-order valence-corrected chi connectivity index (χ0v) is 24.2. The number of carbonyl (C=O) groups is 2. The van der Waals surface area contributed by atoms with Crippen molar-refractivity contribution in [2.75, 3.05) is 0 Å². The molecule has 0 spiro atoms. The highest BCUT2D eigenvalue weighted by Gasteiger charge is 2.70. The standard InChI is InChI=1S/C32H32F2N2O5S/c1-30-14-17-16-35-36(19-6-8-22(33)23(34)13-19)24(17)12-18(30)5-7-20-21-9-10-32(29(39)42,31(21,2)15-25(37)27(20)30)41-28(38)26-4-3-11-40-26/h3-4,6,8,11-13,16,20-21,25,27,37H,5,7,9-10,14-15H2,1-2H3,(H,39,42)/t20-,21-,25-,27+,30-,31-,32-/m1/s1. The van der Waals surface area contributed by atoms with Crippen molar-refractivity contribution < 1.29 is 32.6 Å². The Bertz CT molecular complexity index is 1640. The summed E-state index contributed by atoms with van der Waals surface area (Å²) in [4.78, 5) is 26.2. The van der Waals surface area contributed by atoms with Crippen LogP contribution in [-0.4, -0.2) is 37.7 Å². The molecule has 0 saturated heterocycles. The molecule has 0 aliphatic heterocycles. The fraction of sp³-hybridized carbons (Fsp3) is 0.469. The zero-order valence-electron chi connectivity index (χ0n) is 23.3. The minimum Gasteiger partial charge on any atom is -0.457 e. The van der Waals surface area contributed by atoms with Gasteiger partial charge in [-0.1, -0.05) is 19.4 Å². The first-order valence-electron chi connectivity index (χ1n) is 14.4. The van der Waals surface area contributed by atoms with Crippen LogP contribution >= 0.6 is 12.6 Å². The molecule has 0 unspecified atom stereocenters. The number of aromatic nitrogens is 2. The Morgan fingerprint density at radius 3 is 2.71 bits per heavy atom. The van der Waals surface area contributed by atoms with Gasteiger partial charge in [0.05, 0.1) is 29.9 Å². The number of fused-ring (bicyclic) bond motifs is 6. The fourth-order valence-electron chi connectivity index (χ4n) is 9.16. The predicted molar refractivity (Wildman–Crippen MR) is 152 cm³/mol. The molecule has 42 heavy (non-hydrogen) atoms. The Kier molecular flexibility index (Phi) is 6.16. The molecule has 10 heteroatoms. The zero-order chi connectivity index (χ0) is 29.6. The van der Waals surface area contributed by atoms with Gasteiger partial charge in [0.2, 0.25) is 10.9 Å². The lowest BCUT2D eigenvalue weighted by Crippen LogP contribution is -2.62. The van der Waals surface area contributed by atoms with Gasteiger partial charge < -0.3 is 14.3 Å². The van der Waals surface area contributed by atoms with E-state index in [1.807, 2.05) is 6.92 Å². The number of rotatable bonds is 4. The third-order valence-electron chi connectivity index (χ3n) is 11.0. The first kappa shape index (κ1) is 27.6. The monoisotopic (exact) mass is 594 g/mol. The summed E-state index contributed by atoms with van der Waals surface area (Å²) in [7, 11) is 0. The number of esters is 1. The summed E-state index contributed by atoms with van der Waals surface area (Å²) in [6, 6.07) is 6.84. The number of allylic oxidation sites excluding steroid dienone is 1. The number of thiol groups is 1. The van der Waals surface area contributed by atoms with E-state index in [9.17, 15) is 23.5 Å². The molecule has 1 N–H and O–H groups in total. The van der Waals surface area contributed by atoms with E-state index in [1.165, 1.54) is 24.0 Å². The lowest BCUT2D eigenvalue weighted by molar-refractivity contribution is -0.174. The second-order valence-electron chi connectivity index (χ2n) is 12.9. The van der Waals surface area contributed by atoms with Crippen LogP contribution in [0, 0.1) is 40.2 Å². The maximum atomic E-state index is 14.0. The van der Waals surface area contributed by atoms with Gasteiger partial charge in [0.15, 0.2) is 17.2 Å². The first-order valence-corrected chi connectivity index (χ1v) is 14.8. The molecule has 3 fully saturated rings. The molecule has 0 bridgehead atoms. The maximum absolute atomic E-state index is 14.0. The van der Waals surface area contributed by atoms with E-state index in [1.54, 1.807) is 16.9 Å². The van der Waals surface area contributed by atoms with Gasteiger partial charge in [0.1, 0.15) is 0 Å². The highest BCUT2D eigenvalue weighted by atomic mass is 32.1. The van der Waals surface area contributed by atoms with Gasteiger partial charge in [-0.25, -0.2) is 18.3 Å². The molecule has 3 aromatic rings. The minimum atomic E-state index is -1.47. The van der Waals surface area contributed by atoms with E-state index >= 15 is 0 Å². The van der Waals surface area contributed by atoms with E-state index in [2.05, 4.69) is 30.7 Å². The van der Waals surface area contributed by atoms with Crippen molar-refractivity contribution in [1.29, 1.82) is 0 Å². The third-order valence-corrected chi connectivity index (χ3v) is 11.4. The average Bonchev–Trinajstić information content (AvgIpc) is 3.67. The van der Waals surface area contributed by atoms with E-state index in [4.69, 9.17) is 9.15 Å². The second-order valence-corrected chi connectivity index (χ2v) is 13.3. The molecule has 2 aromatic heterocycles. The van der Waals surface area contributed by atoms with Crippen LogP contribution in [0.3, 0.4) is 0 Å². The van der Waals surface area contributed by atoms with E-state index in [0.717, 1.165) is 36.2 Å². The summed E-state index contributed by atoms with van der Waals surface area (Å²) in [6.07, 6.45) is 8.04. The quantitative estimate of drug-likeness (QED) is 0.287. The lowest BCUT2D eigenvalue weighted by atomic mass is 9.45. The highest BCUT2D eigenvalue weighted by molar-refractivity contribution is 7.96. The molecule has 4 aliphatic rings. The van der Waals surface area contributed by atoms with Gasteiger partial charge in [-0.2, -0.15) is 5.10 Å². The van der Waals surface area contributed by atoms with Crippen LogP contribution in [0.4, 0.5) is 8.78 Å². The minimum absolute atomic E-state index is 0.0205. The van der Waals surface area contributed by atoms with Crippen LogP contribution in [0.5, 0.6) is 0 Å². The third kappa shape index (κ3) is 3.70. The fourth-order valence-corrected chi connectivity index (χ4v) is 9.57. The molecule has 0 amide bonds. The number of benzene rings is 1. The number of hydrogen-bond acceptors (Lipinski definition) is 6. The van der Waals surface area contributed by atoms with Crippen molar-refractivity contribution in [3.63, 3.8) is 0 Å². The Hall–Kier alpha value is -3.24.